The van der Waals surface area contributed by atoms with Gasteiger partial charge in [0.15, 0.2) is 0 Å². The normalized spacial score (nSPS) is 20.3. The van der Waals surface area contributed by atoms with Gasteiger partial charge in [-0.15, -0.1) is 0 Å². The van der Waals surface area contributed by atoms with Gasteiger partial charge in [-0.3, -0.25) is 9.69 Å². The lowest BCUT2D eigenvalue weighted by molar-refractivity contribution is -0.119. The van der Waals surface area contributed by atoms with Gasteiger partial charge in [0, 0.05) is 22.3 Å². The fraction of sp³-hybridized carbons (Fsp3) is 0.500. The third-order valence-corrected chi connectivity index (χ3v) is 4.31. The predicted octanol–water partition coefficient (Wildman–Crippen LogP) is 2.26. The van der Waals surface area contributed by atoms with Gasteiger partial charge in [-0.05, 0) is 54.1 Å². The maximum Gasteiger partial charge on any atom is 0.238 e. The monoisotopic (exact) mass is 374 g/mol. The number of carbonyl (C=O) groups excluding carboxylic acids is 1. The van der Waals surface area contributed by atoms with Crippen LogP contribution in [-0.4, -0.2) is 43.2 Å². The molecular weight excluding hydrogens is 355 g/mol. The maximum absolute atomic E-state index is 12.0. The Balaban J connectivity index is 1.88. The Bertz CT molecular complexity index is 465. The van der Waals surface area contributed by atoms with Gasteiger partial charge in [-0.1, -0.05) is 6.07 Å². The van der Waals surface area contributed by atoms with E-state index < -0.39 is 0 Å². The van der Waals surface area contributed by atoms with E-state index in [9.17, 15) is 4.79 Å². The molecule has 1 N–H and O–H groups in total. The molecule has 1 aromatic carbocycles. The molecule has 0 spiro atoms. The molecule has 2 rings (SSSR count). The summed E-state index contributed by atoms with van der Waals surface area (Å²) in [6.07, 6.45) is 0.210. The molecule has 0 aromatic heterocycles. The van der Waals surface area contributed by atoms with E-state index >= 15 is 0 Å². The van der Waals surface area contributed by atoms with Crippen LogP contribution in [0.1, 0.15) is 12.5 Å². The number of ether oxygens (including phenoxy) is 1. The SMILES string of the molecule is Cc1ccc(NC(=O)CN2CCOC(C)C2)cc1I. The number of amides is 1. The molecule has 1 aliphatic rings. The minimum atomic E-state index is 0.0359. The number of morpholine rings is 1. The average molecular weight is 374 g/mol. The molecule has 1 aliphatic heterocycles. The van der Waals surface area contributed by atoms with Crippen molar-refractivity contribution >= 4 is 34.2 Å². The van der Waals surface area contributed by atoms with Crippen LogP contribution < -0.4 is 5.32 Å². The van der Waals surface area contributed by atoms with E-state index in [1.165, 1.54) is 5.56 Å². The van der Waals surface area contributed by atoms with Crippen LogP contribution in [0, 0.1) is 10.5 Å². The van der Waals surface area contributed by atoms with Gasteiger partial charge in [0.25, 0.3) is 0 Å². The van der Waals surface area contributed by atoms with E-state index in [0.29, 0.717) is 13.2 Å². The fourth-order valence-electron chi connectivity index (χ4n) is 2.11. The molecule has 4 nitrogen and oxygen atoms in total. The molecule has 104 valence electrons. The van der Waals surface area contributed by atoms with Crippen molar-refractivity contribution in [1.82, 2.24) is 4.90 Å². The summed E-state index contributed by atoms with van der Waals surface area (Å²) in [5.74, 6) is 0.0359. The van der Waals surface area contributed by atoms with Crippen molar-refractivity contribution in [2.24, 2.45) is 0 Å². The minimum Gasteiger partial charge on any atom is -0.376 e. The maximum atomic E-state index is 12.0. The van der Waals surface area contributed by atoms with E-state index in [-0.39, 0.29) is 12.0 Å². The zero-order chi connectivity index (χ0) is 13.8. The van der Waals surface area contributed by atoms with Crippen molar-refractivity contribution in [1.29, 1.82) is 0 Å². The molecule has 0 bridgehead atoms. The minimum absolute atomic E-state index is 0.0359. The summed E-state index contributed by atoms with van der Waals surface area (Å²) < 4.78 is 6.62. The molecule has 1 aromatic rings. The average Bonchev–Trinajstić information content (AvgIpc) is 2.34. The number of nitrogens with one attached hydrogen (secondary N) is 1. The first kappa shape index (κ1) is 14.7. The summed E-state index contributed by atoms with van der Waals surface area (Å²) in [5, 5.41) is 2.95. The molecule has 0 radical (unpaired) electrons. The second kappa shape index (κ2) is 6.67. The Morgan fingerprint density at radius 1 is 1.58 bits per heavy atom. The molecule has 1 amide bonds. The highest BCUT2D eigenvalue weighted by Crippen LogP contribution is 2.17. The van der Waals surface area contributed by atoms with E-state index in [2.05, 4.69) is 39.7 Å². The highest BCUT2D eigenvalue weighted by Gasteiger charge is 2.18. The number of hydrogen-bond donors (Lipinski definition) is 1. The number of anilines is 1. The van der Waals surface area contributed by atoms with Crippen LogP contribution in [0.5, 0.6) is 0 Å². The van der Waals surface area contributed by atoms with Gasteiger partial charge in [-0.2, -0.15) is 0 Å². The Kier molecular flexibility index (Phi) is 5.18. The molecule has 1 unspecified atom stereocenters. The third kappa shape index (κ3) is 4.43. The molecule has 0 aliphatic carbocycles. The van der Waals surface area contributed by atoms with Gasteiger partial charge in [0.2, 0.25) is 5.91 Å². The Morgan fingerprint density at radius 2 is 2.37 bits per heavy atom. The zero-order valence-electron chi connectivity index (χ0n) is 11.3. The molecule has 1 atom stereocenters. The second-order valence-electron chi connectivity index (χ2n) is 4.93. The second-order valence-corrected chi connectivity index (χ2v) is 6.09. The van der Waals surface area contributed by atoms with E-state index in [4.69, 9.17) is 4.74 Å². The lowest BCUT2D eigenvalue weighted by Crippen LogP contribution is -2.44. The van der Waals surface area contributed by atoms with Crippen LogP contribution in [0.4, 0.5) is 5.69 Å². The lowest BCUT2D eigenvalue weighted by atomic mass is 10.2. The van der Waals surface area contributed by atoms with Gasteiger partial charge in [0.1, 0.15) is 0 Å². The number of aryl methyl sites for hydroxylation is 1. The standard InChI is InChI=1S/C14H19IN2O2/c1-10-3-4-12(7-13(10)15)16-14(18)9-17-5-6-19-11(2)8-17/h3-4,7,11H,5-6,8-9H2,1-2H3,(H,16,18). The van der Waals surface area contributed by atoms with E-state index in [1.54, 1.807) is 0 Å². The van der Waals surface area contributed by atoms with Crippen LogP contribution in [0.2, 0.25) is 0 Å². The zero-order valence-corrected chi connectivity index (χ0v) is 13.4. The highest BCUT2D eigenvalue weighted by molar-refractivity contribution is 14.1. The number of halogens is 1. The van der Waals surface area contributed by atoms with Crippen LogP contribution in [0.25, 0.3) is 0 Å². The lowest BCUT2D eigenvalue weighted by Gasteiger charge is -2.30. The van der Waals surface area contributed by atoms with Crippen molar-refractivity contribution < 1.29 is 9.53 Å². The smallest absolute Gasteiger partial charge is 0.238 e. The molecule has 1 fully saturated rings. The number of rotatable bonds is 3. The molecule has 5 heteroatoms. The molecule has 19 heavy (non-hydrogen) atoms. The Morgan fingerprint density at radius 3 is 3.05 bits per heavy atom. The van der Waals surface area contributed by atoms with Crippen LogP contribution in [-0.2, 0) is 9.53 Å². The number of nitrogens with zero attached hydrogens (tertiary/aromatic N) is 1. The van der Waals surface area contributed by atoms with Gasteiger partial charge in [-0.25, -0.2) is 0 Å². The van der Waals surface area contributed by atoms with Gasteiger partial charge < -0.3 is 10.1 Å². The summed E-state index contributed by atoms with van der Waals surface area (Å²) in [6.45, 7) is 6.87. The van der Waals surface area contributed by atoms with Gasteiger partial charge >= 0.3 is 0 Å². The van der Waals surface area contributed by atoms with Gasteiger partial charge in [0.05, 0.1) is 19.3 Å². The first-order valence-electron chi connectivity index (χ1n) is 6.44. The van der Waals surface area contributed by atoms with Crippen molar-refractivity contribution in [3.63, 3.8) is 0 Å². The number of benzene rings is 1. The van der Waals surface area contributed by atoms with E-state index in [1.807, 2.05) is 25.1 Å². The summed E-state index contributed by atoms with van der Waals surface area (Å²) >= 11 is 2.28. The molecule has 1 heterocycles. The topological polar surface area (TPSA) is 41.6 Å². The summed E-state index contributed by atoms with van der Waals surface area (Å²) in [6, 6.07) is 5.96. The summed E-state index contributed by atoms with van der Waals surface area (Å²) in [5.41, 5.74) is 2.09. The van der Waals surface area contributed by atoms with Crippen LogP contribution in [0.3, 0.4) is 0 Å². The van der Waals surface area contributed by atoms with Crippen molar-refractivity contribution in [2.75, 3.05) is 31.6 Å². The Hall–Kier alpha value is -0.660. The van der Waals surface area contributed by atoms with Crippen molar-refractivity contribution in [3.05, 3.63) is 27.3 Å². The third-order valence-electron chi connectivity index (χ3n) is 3.15. The Labute approximate surface area is 127 Å². The largest absolute Gasteiger partial charge is 0.376 e. The molecular formula is C14H19IN2O2. The van der Waals surface area contributed by atoms with Crippen molar-refractivity contribution in [3.8, 4) is 0 Å². The molecule has 1 saturated heterocycles. The fourth-order valence-corrected chi connectivity index (χ4v) is 2.62. The number of hydrogen-bond acceptors (Lipinski definition) is 3. The predicted molar refractivity (Wildman–Crippen MR) is 84.4 cm³/mol. The van der Waals surface area contributed by atoms with Crippen LogP contribution in [0.15, 0.2) is 18.2 Å². The molecule has 0 saturated carbocycles. The van der Waals surface area contributed by atoms with Crippen molar-refractivity contribution in [2.45, 2.75) is 20.0 Å². The van der Waals surface area contributed by atoms with Crippen LogP contribution >= 0.6 is 22.6 Å². The summed E-state index contributed by atoms with van der Waals surface area (Å²) in [4.78, 5) is 14.1. The van der Waals surface area contributed by atoms with E-state index in [0.717, 1.165) is 22.3 Å². The first-order chi connectivity index (χ1) is 9.04. The summed E-state index contributed by atoms with van der Waals surface area (Å²) in [7, 11) is 0. The first-order valence-corrected chi connectivity index (χ1v) is 7.52. The quantitative estimate of drug-likeness (QED) is 0.826. The number of carbonyl (C=O) groups is 1. The highest BCUT2D eigenvalue weighted by atomic mass is 127.